The maximum Gasteiger partial charge on any atom is 0.342 e. The molecule has 0 N–H and O–H groups in total. The summed E-state index contributed by atoms with van der Waals surface area (Å²) < 4.78 is 21.3. The predicted molar refractivity (Wildman–Crippen MR) is 84.4 cm³/mol. The van der Waals surface area contributed by atoms with E-state index in [1.807, 2.05) is 30.3 Å². The summed E-state index contributed by atoms with van der Waals surface area (Å²) in [5.41, 5.74) is 2.36. The van der Waals surface area contributed by atoms with E-state index in [1.165, 1.54) is 0 Å². The second-order valence-electron chi connectivity index (χ2n) is 5.21. The van der Waals surface area contributed by atoms with Gasteiger partial charge in [-0.25, -0.2) is 4.79 Å². The largest absolute Gasteiger partial charge is 0.496 e. The van der Waals surface area contributed by atoms with Crippen LogP contribution in [0.25, 0.3) is 0 Å². The number of carbonyl (C=O) groups is 1. The minimum Gasteiger partial charge on any atom is -0.496 e. The van der Waals surface area contributed by atoms with Crippen molar-refractivity contribution in [3.8, 4) is 17.2 Å². The maximum absolute atomic E-state index is 12.1. The minimum atomic E-state index is -0.345. The van der Waals surface area contributed by atoms with E-state index in [1.54, 1.807) is 27.4 Å². The molecule has 2 aromatic carbocycles. The highest BCUT2D eigenvalue weighted by Crippen LogP contribution is 2.39. The van der Waals surface area contributed by atoms with Crippen molar-refractivity contribution < 1.29 is 23.7 Å². The Kier molecular flexibility index (Phi) is 4.10. The number of esters is 1. The topological polar surface area (TPSA) is 54.0 Å². The lowest BCUT2D eigenvalue weighted by Gasteiger charge is -2.13. The van der Waals surface area contributed by atoms with Gasteiger partial charge in [0.15, 0.2) is 11.5 Å². The molecule has 0 fully saturated rings. The van der Waals surface area contributed by atoms with Gasteiger partial charge in [0.05, 0.1) is 21.3 Å². The van der Waals surface area contributed by atoms with Gasteiger partial charge in [0.25, 0.3) is 0 Å². The average Bonchev–Trinajstić information content (AvgIpc) is 2.90. The highest BCUT2D eigenvalue weighted by atomic mass is 16.6. The molecule has 0 spiro atoms. The normalized spacial score (nSPS) is 15.8. The van der Waals surface area contributed by atoms with Crippen LogP contribution in [0.5, 0.6) is 17.2 Å². The summed E-state index contributed by atoms with van der Waals surface area (Å²) in [7, 11) is 4.74. The van der Waals surface area contributed by atoms with E-state index in [9.17, 15) is 4.79 Å². The van der Waals surface area contributed by atoms with E-state index < -0.39 is 0 Å². The fourth-order valence-corrected chi connectivity index (χ4v) is 2.83. The molecule has 0 aromatic heterocycles. The number of benzene rings is 2. The van der Waals surface area contributed by atoms with Crippen LogP contribution in [-0.4, -0.2) is 27.3 Å². The molecule has 3 rings (SSSR count). The van der Waals surface area contributed by atoms with E-state index in [-0.39, 0.29) is 12.1 Å². The minimum absolute atomic E-state index is 0.328. The molecule has 1 unspecified atom stereocenters. The van der Waals surface area contributed by atoms with Crippen LogP contribution in [0.3, 0.4) is 0 Å². The third-order valence-corrected chi connectivity index (χ3v) is 3.95. The van der Waals surface area contributed by atoms with Crippen LogP contribution in [0.1, 0.15) is 27.6 Å². The third-order valence-electron chi connectivity index (χ3n) is 3.95. The van der Waals surface area contributed by atoms with Gasteiger partial charge in [0.2, 0.25) is 0 Å². The second-order valence-corrected chi connectivity index (χ2v) is 5.21. The molecule has 23 heavy (non-hydrogen) atoms. The van der Waals surface area contributed by atoms with Crippen molar-refractivity contribution in [2.75, 3.05) is 21.3 Å². The summed E-state index contributed by atoms with van der Waals surface area (Å²) in [6.07, 6.45) is 0.234. The van der Waals surface area contributed by atoms with Crippen molar-refractivity contribution in [3.05, 3.63) is 53.1 Å². The van der Waals surface area contributed by atoms with E-state index in [2.05, 4.69) is 0 Å². The van der Waals surface area contributed by atoms with Crippen molar-refractivity contribution in [1.82, 2.24) is 0 Å². The monoisotopic (exact) mass is 314 g/mol. The molecule has 1 aliphatic rings. The molecule has 120 valence electrons. The number of methoxy groups -OCH3 is 3. The molecule has 0 bridgehead atoms. The standard InChI is InChI=1S/C18H18O5/c1-20-13-8-7-11(10-16(13)22-3)9-15-12-5-4-6-14(21-2)17(12)18(19)23-15/h4-8,10,15H,9H2,1-3H3. The molecular formula is C18H18O5. The zero-order valence-electron chi connectivity index (χ0n) is 13.3. The summed E-state index contributed by atoms with van der Waals surface area (Å²) in [5, 5.41) is 0. The Morgan fingerprint density at radius 1 is 0.957 bits per heavy atom. The maximum atomic E-state index is 12.1. The molecule has 1 aliphatic heterocycles. The van der Waals surface area contributed by atoms with E-state index in [0.29, 0.717) is 29.2 Å². The summed E-state index contributed by atoms with van der Waals surface area (Å²) in [6, 6.07) is 11.2. The molecule has 1 atom stereocenters. The van der Waals surface area contributed by atoms with Crippen molar-refractivity contribution in [3.63, 3.8) is 0 Å². The first-order valence-corrected chi connectivity index (χ1v) is 7.26. The van der Waals surface area contributed by atoms with E-state index in [4.69, 9.17) is 18.9 Å². The van der Waals surface area contributed by atoms with E-state index in [0.717, 1.165) is 11.1 Å². The fraction of sp³-hybridized carbons (Fsp3) is 0.278. The van der Waals surface area contributed by atoms with Gasteiger partial charge in [0.1, 0.15) is 17.4 Å². The van der Waals surface area contributed by atoms with Crippen LogP contribution in [0.15, 0.2) is 36.4 Å². The zero-order valence-corrected chi connectivity index (χ0v) is 13.3. The van der Waals surface area contributed by atoms with Gasteiger partial charge in [-0.15, -0.1) is 0 Å². The molecule has 0 radical (unpaired) electrons. The van der Waals surface area contributed by atoms with Gasteiger partial charge < -0.3 is 18.9 Å². The highest BCUT2D eigenvalue weighted by Gasteiger charge is 2.33. The van der Waals surface area contributed by atoms with Crippen LogP contribution in [0.4, 0.5) is 0 Å². The zero-order chi connectivity index (χ0) is 16.4. The Morgan fingerprint density at radius 2 is 1.70 bits per heavy atom. The summed E-state index contributed by atoms with van der Waals surface area (Å²) in [4.78, 5) is 12.1. The van der Waals surface area contributed by atoms with Gasteiger partial charge in [-0.2, -0.15) is 0 Å². The molecule has 2 aromatic rings. The number of hydrogen-bond donors (Lipinski definition) is 0. The number of rotatable bonds is 5. The van der Waals surface area contributed by atoms with Crippen LogP contribution in [0, 0.1) is 0 Å². The first-order valence-electron chi connectivity index (χ1n) is 7.26. The Hall–Kier alpha value is -2.69. The summed E-state index contributed by atoms with van der Waals surface area (Å²) in [5.74, 6) is 1.52. The van der Waals surface area contributed by atoms with E-state index >= 15 is 0 Å². The average molecular weight is 314 g/mol. The first-order chi connectivity index (χ1) is 11.2. The lowest BCUT2D eigenvalue weighted by atomic mass is 9.98. The Labute approximate surface area is 134 Å². The number of ether oxygens (including phenoxy) is 4. The Balaban J connectivity index is 1.90. The number of cyclic esters (lactones) is 1. The quantitative estimate of drug-likeness (QED) is 0.794. The molecule has 1 heterocycles. The molecule has 5 nitrogen and oxygen atoms in total. The van der Waals surface area contributed by atoms with Crippen molar-refractivity contribution in [2.45, 2.75) is 12.5 Å². The second kappa shape index (κ2) is 6.20. The van der Waals surface area contributed by atoms with Crippen LogP contribution in [-0.2, 0) is 11.2 Å². The Morgan fingerprint density at radius 3 is 2.39 bits per heavy atom. The highest BCUT2D eigenvalue weighted by molar-refractivity contribution is 5.97. The van der Waals surface area contributed by atoms with Crippen molar-refractivity contribution in [1.29, 1.82) is 0 Å². The lowest BCUT2D eigenvalue weighted by Crippen LogP contribution is -2.03. The van der Waals surface area contributed by atoms with Gasteiger partial charge >= 0.3 is 5.97 Å². The van der Waals surface area contributed by atoms with Crippen LogP contribution < -0.4 is 14.2 Å². The molecule has 0 saturated carbocycles. The van der Waals surface area contributed by atoms with Gasteiger partial charge in [-0.1, -0.05) is 18.2 Å². The molecule has 0 saturated heterocycles. The molecular weight excluding hydrogens is 296 g/mol. The van der Waals surface area contributed by atoms with Crippen molar-refractivity contribution >= 4 is 5.97 Å². The third kappa shape index (κ3) is 2.70. The molecule has 0 amide bonds. The van der Waals surface area contributed by atoms with Gasteiger partial charge in [0, 0.05) is 12.0 Å². The Bertz CT molecular complexity index is 738. The number of fused-ring (bicyclic) bond motifs is 1. The SMILES string of the molecule is COc1ccc(CC2OC(=O)c3c(OC)cccc32)cc1OC. The smallest absolute Gasteiger partial charge is 0.342 e. The summed E-state index contributed by atoms with van der Waals surface area (Å²) >= 11 is 0. The lowest BCUT2D eigenvalue weighted by molar-refractivity contribution is 0.0385. The van der Waals surface area contributed by atoms with Crippen LogP contribution in [0.2, 0.25) is 0 Å². The fourth-order valence-electron chi connectivity index (χ4n) is 2.83. The van der Waals surface area contributed by atoms with Gasteiger partial charge in [-0.3, -0.25) is 0 Å². The summed E-state index contributed by atoms with van der Waals surface area (Å²) in [6.45, 7) is 0. The first kappa shape index (κ1) is 15.2. The van der Waals surface area contributed by atoms with Gasteiger partial charge in [-0.05, 0) is 23.8 Å². The number of carbonyl (C=O) groups excluding carboxylic acids is 1. The molecule has 0 aliphatic carbocycles. The predicted octanol–water partition coefficient (Wildman–Crippen LogP) is 3.17. The number of hydrogen-bond acceptors (Lipinski definition) is 5. The van der Waals surface area contributed by atoms with Crippen LogP contribution >= 0.6 is 0 Å². The molecule has 5 heteroatoms. The van der Waals surface area contributed by atoms with Crippen molar-refractivity contribution in [2.24, 2.45) is 0 Å².